The van der Waals surface area contributed by atoms with Gasteiger partial charge in [-0.25, -0.2) is 4.79 Å². The van der Waals surface area contributed by atoms with Crippen LogP contribution in [0.15, 0.2) is 94.6 Å². The molecule has 0 aliphatic carbocycles. The van der Waals surface area contributed by atoms with E-state index in [9.17, 15) is 24.3 Å². The molecule has 2 N–H and O–H groups in total. The number of aromatic amines is 1. The molecule has 0 aliphatic rings. The normalized spacial score (nSPS) is 11.1. The average Bonchev–Trinajstić information content (AvgIpc) is 3.02. The highest BCUT2D eigenvalue weighted by Gasteiger charge is 2.38. The van der Waals surface area contributed by atoms with Gasteiger partial charge in [-0.15, -0.1) is 0 Å². The molecule has 0 aliphatic heterocycles. The predicted octanol–water partition coefficient (Wildman–Crippen LogP) is 2.78. The number of aliphatic carboxylic acids is 1. The molecule has 4 rings (SSSR count). The van der Waals surface area contributed by atoms with E-state index >= 15 is 0 Å². The van der Waals surface area contributed by atoms with Crippen LogP contribution in [0.1, 0.15) is 22.3 Å². The second-order valence-electron chi connectivity index (χ2n) is 9.76. The molecule has 0 saturated heterocycles. The molecule has 4 aromatic rings. The Balaban J connectivity index is 1.71. The van der Waals surface area contributed by atoms with Crippen LogP contribution in [-0.2, 0) is 26.5 Å². The third kappa shape index (κ3) is 7.02. The molecule has 0 bridgehead atoms. The predicted molar refractivity (Wildman–Crippen MR) is 159 cm³/mol. The van der Waals surface area contributed by atoms with Crippen molar-refractivity contribution in [1.29, 1.82) is 0 Å². The lowest BCUT2D eigenvalue weighted by Gasteiger charge is -2.36. The van der Waals surface area contributed by atoms with Gasteiger partial charge in [0.2, 0.25) is 5.91 Å². The van der Waals surface area contributed by atoms with Crippen molar-refractivity contribution in [2.24, 2.45) is 0 Å². The summed E-state index contributed by atoms with van der Waals surface area (Å²) in [7, 11) is 3.16. The Labute approximate surface area is 247 Å². The summed E-state index contributed by atoms with van der Waals surface area (Å²) in [6.45, 7) is 0.283. The number of amides is 1. The summed E-state index contributed by atoms with van der Waals surface area (Å²) in [4.78, 5) is 52.2. The topological polar surface area (TPSA) is 140 Å². The first kappa shape index (κ1) is 30.8. The molecule has 0 spiro atoms. The number of hydrogen-bond acceptors (Lipinski definition) is 7. The van der Waals surface area contributed by atoms with Gasteiger partial charge in [0.05, 0.1) is 20.8 Å². The van der Waals surface area contributed by atoms with Crippen LogP contribution in [-0.4, -0.2) is 65.3 Å². The van der Waals surface area contributed by atoms with Crippen LogP contribution in [0, 0.1) is 6.92 Å². The Hall–Kier alpha value is -5.16. The first-order valence-corrected chi connectivity index (χ1v) is 13.5. The monoisotopic (exact) mass is 587 g/mol. The minimum atomic E-state index is -1.22. The summed E-state index contributed by atoms with van der Waals surface area (Å²) in [5.74, 6) is -0.533. The molecular formula is C32H33N3O8. The number of H-pyrrole nitrogens is 1. The molecule has 0 unspecified atom stereocenters. The van der Waals surface area contributed by atoms with Gasteiger partial charge in [0.25, 0.3) is 5.56 Å². The number of aryl methyl sites for hydroxylation is 1. The maximum atomic E-state index is 13.2. The first-order chi connectivity index (χ1) is 20.7. The maximum Gasteiger partial charge on any atom is 0.328 e. The Morgan fingerprint density at radius 1 is 0.860 bits per heavy atom. The summed E-state index contributed by atoms with van der Waals surface area (Å²) < 4.78 is 18.5. The van der Waals surface area contributed by atoms with Gasteiger partial charge in [-0.2, -0.15) is 0 Å². The fourth-order valence-electron chi connectivity index (χ4n) is 4.82. The molecule has 43 heavy (non-hydrogen) atoms. The third-order valence-electron chi connectivity index (χ3n) is 7.03. The number of carboxylic acid groups (broad SMARTS) is 1. The smallest absolute Gasteiger partial charge is 0.328 e. The molecule has 11 nitrogen and oxygen atoms in total. The van der Waals surface area contributed by atoms with Gasteiger partial charge in [0, 0.05) is 18.3 Å². The average molecular weight is 588 g/mol. The highest BCUT2D eigenvalue weighted by molar-refractivity contribution is 5.81. The number of nitrogens with one attached hydrogen (secondary N) is 1. The van der Waals surface area contributed by atoms with Gasteiger partial charge in [-0.1, -0.05) is 54.6 Å². The van der Waals surface area contributed by atoms with Crippen molar-refractivity contribution in [3.8, 4) is 11.5 Å². The quantitative estimate of drug-likeness (QED) is 0.228. The lowest BCUT2D eigenvalue weighted by atomic mass is 9.80. The zero-order valence-electron chi connectivity index (χ0n) is 24.1. The standard InChI is InChI=1S/C32H33N3O8/c1-22-19-35(31(40)33-30(22)39)20-28(36)34(21-29(37)38)17-18-43-32(23-7-5-4-6-8-23,24-9-13-26(41-2)14-10-24)25-11-15-27(42-3)16-12-25/h4-16,19H,17-18,20-21H2,1-3H3,(H,37,38)(H,33,39,40). The van der Waals surface area contributed by atoms with Crippen molar-refractivity contribution in [3.63, 3.8) is 0 Å². The molecular weight excluding hydrogens is 554 g/mol. The fourth-order valence-corrected chi connectivity index (χ4v) is 4.82. The molecule has 1 heterocycles. The molecule has 0 radical (unpaired) electrons. The first-order valence-electron chi connectivity index (χ1n) is 13.5. The van der Waals surface area contributed by atoms with Crippen LogP contribution in [0.2, 0.25) is 0 Å². The fraction of sp³-hybridized carbons (Fsp3) is 0.250. The number of carbonyl (C=O) groups is 2. The Morgan fingerprint density at radius 2 is 1.40 bits per heavy atom. The summed E-state index contributed by atoms with van der Waals surface area (Å²) in [5.41, 5.74) is 0.109. The number of rotatable bonds is 13. The van der Waals surface area contributed by atoms with E-state index in [2.05, 4.69) is 4.98 Å². The van der Waals surface area contributed by atoms with Crippen LogP contribution < -0.4 is 20.7 Å². The van der Waals surface area contributed by atoms with E-state index in [4.69, 9.17) is 14.2 Å². The largest absolute Gasteiger partial charge is 0.497 e. The van der Waals surface area contributed by atoms with Crippen molar-refractivity contribution in [2.45, 2.75) is 19.1 Å². The van der Waals surface area contributed by atoms with Crippen molar-refractivity contribution in [2.75, 3.05) is 33.9 Å². The van der Waals surface area contributed by atoms with Crippen molar-refractivity contribution in [1.82, 2.24) is 14.5 Å². The molecule has 11 heteroatoms. The van der Waals surface area contributed by atoms with Crippen molar-refractivity contribution < 1.29 is 28.9 Å². The second-order valence-corrected chi connectivity index (χ2v) is 9.76. The van der Waals surface area contributed by atoms with Crippen molar-refractivity contribution in [3.05, 3.63) is 128 Å². The van der Waals surface area contributed by atoms with Gasteiger partial charge in [-0.05, 0) is 47.9 Å². The zero-order valence-corrected chi connectivity index (χ0v) is 24.1. The van der Waals surface area contributed by atoms with Gasteiger partial charge >= 0.3 is 11.7 Å². The highest BCUT2D eigenvalue weighted by Crippen LogP contribution is 2.41. The van der Waals surface area contributed by atoms with Crippen LogP contribution in [0.3, 0.4) is 0 Å². The number of methoxy groups -OCH3 is 2. The van der Waals surface area contributed by atoms with Crippen LogP contribution in [0.4, 0.5) is 0 Å². The van der Waals surface area contributed by atoms with Crippen LogP contribution in [0.5, 0.6) is 11.5 Å². The molecule has 3 aromatic carbocycles. The minimum absolute atomic E-state index is 0.0640. The number of nitrogens with zero attached hydrogens (tertiary/aromatic N) is 2. The van der Waals surface area contributed by atoms with Gasteiger partial charge < -0.3 is 24.2 Å². The number of carboxylic acids is 1. The van der Waals surface area contributed by atoms with E-state index in [0.717, 1.165) is 26.2 Å². The molecule has 0 atom stereocenters. The Bertz CT molecular complexity index is 1610. The molecule has 1 aromatic heterocycles. The Kier molecular flexibility index (Phi) is 9.79. The second kappa shape index (κ2) is 13.7. The van der Waals surface area contributed by atoms with Gasteiger partial charge in [-0.3, -0.25) is 23.9 Å². The van der Waals surface area contributed by atoms with E-state index in [1.807, 2.05) is 78.9 Å². The van der Waals surface area contributed by atoms with E-state index in [1.54, 1.807) is 14.2 Å². The highest BCUT2D eigenvalue weighted by atomic mass is 16.5. The number of carbonyl (C=O) groups excluding carboxylic acids is 1. The zero-order chi connectivity index (χ0) is 31.0. The third-order valence-corrected chi connectivity index (χ3v) is 7.03. The summed E-state index contributed by atoms with van der Waals surface area (Å²) >= 11 is 0. The number of hydrogen-bond donors (Lipinski definition) is 2. The Morgan fingerprint density at radius 3 is 1.91 bits per heavy atom. The molecule has 224 valence electrons. The molecule has 0 saturated carbocycles. The minimum Gasteiger partial charge on any atom is -0.497 e. The van der Waals surface area contributed by atoms with E-state index in [0.29, 0.717) is 11.5 Å². The SMILES string of the molecule is COc1ccc(C(OCCN(CC(=O)O)C(=O)Cn2cc(C)c(=O)[nH]c2=O)(c2ccccc2)c2ccc(OC)cc2)cc1. The summed E-state index contributed by atoms with van der Waals surface area (Å²) in [5, 5.41) is 9.55. The maximum absolute atomic E-state index is 13.2. The lowest BCUT2D eigenvalue weighted by molar-refractivity contribution is -0.145. The number of ether oxygens (including phenoxy) is 3. The summed E-state index contributed by atoms with van der Waals surface area (Å²) in [6.07, 6.45) is 1.27. The van der Waals surface area contributed by atoms with E-state index < -0.39 is 41.8 Å². The van der Waals surface area contributed by atoms with Crippen LogP contribution in [0.25, 0.3) is 0 Å². The summed E-state index contributed by atoms with van der Waals surface area (Å²) in [6, 6.07) is 24.4. The lowest BCUT2D eigenvalue weighted by Crippen LogP contribution is -2.43. The van der Waals surface area contributed by atoms with Gasteiger partial charge in [0.1, 0.15) is 30.2 Å². The van der Waals surface area contributed by atoms with E-state index in [-0.39, 0.29) is 18.7 Å². The van der Waals surface area contributed by atoms with Crippen molar-refractivity contribution >= 4 is 11.9 Å². The van der Waals surface area contributed by atoms with E-state index in [1.165, 1.54) is 13.1 Å². The number of aromatic nitrogens is 2. The molecule has 0 fully saturated rings. The van der Waals surface area contributed by atoms with Crippen LogP contribution >= 0.6 is 0 Å². The molecule has 1 amide bonds. The number of benzene rings is 3. The van der Waals surface area contributed by atoms with Gasteiger partial charge in [0.15, 0.2) is 0 Å².